The Morgan fingerprint density at radius 1 is 1.15 bits per heavy atom. The average Bonchev–Trinajstić information content (AvgIpc) is 3.31. The first-order valence-corrected chi connectivity index (χ1v) is 9.63. The highest BCUT2D eigenvalue weighted by atomic mass is 19.4. The molecule has 0 aliphatic carbocycles. The number of ether oxygens (including phenoxy) is 1. The standard InChI is InChI=1S/C19H16F6N6O2/c1-30-14(9-15(29-30)18(20,21)22)17(32)27-11-3-2-6-31-13(11)8-12(28-31)10-4-5-26-16(7-10)33-19(23,24)25/h4-5,7-9,11H,2-3,6H2,1H3,(H,27,32). The van der Waals surface area contributed by atoms with E-state index < -0.39 is 36.1 Å². The third-order valence-electron chi connectivity index (χ3n) is 4.99. The van der Waals surface area contributed by atoms with Crippen LogP contribution in [0, 0.1) is 0 Å². The van der Waals surface area contributed by atoms with E-state index in [2.05, 4.69) is 25.2 Å². The lowest BCUT2D eigenvalue weighted by molar-refractivity contribution is -0.276. The Balaban J connectivity index is 1.57. The zero-order valence-electron chi connectivity index (χ0n) is 16.9. The van der Waals surface area contributed by atoms with Gasteiger partial charge in [-0.3, -0.25) is 14.2 Å². The summed E-state index contributed by atoms with van der Waals surface area (Å²) in [4.78, 5) is 16.2. The minimum absolute atomic E-state index is 0.262. The van der Waals surface area contributed by atoms with E-state index in [4.69, 9.17) is 0 Å². The number of halogens is 6. The van der Waals surface area contributed by atoms with Crippen molar-refractivity contribution >= 4 is 5.91 Å². The second-order valence-corrected chi connectivity index (χ2v) is 7.31. The predicted molar refractivity (Wildman–Crippen MR) is 99.8 cm³/mol. The Labute approximate surface area is 182 Å². The second kappa shape index (κ2) is 8.08. The molecule has 0 saturated carbocycles. The number of fused-ring (bicyclic) bond motifs is 1. The summed E-state index contributed by atoms with van der Waals surface area (Å²) in [5.74, 6) is -1.39. The lowest BCUT2D eigenvalue weighted by Crippen LogP contribution is -2.33. The third-order valence-corrected chi connectivity index (χ3v) is 4.99. The molecule has 1 unspecified atom stereocenters. The van der Waals surface area contributed by atoms with Crippen LogP contribution >= 0.6 is 0 Å². The van der Waals surface area contributed by atoms with E-state index in [1.807, 2.05) is 0 Å². The van der Waals surface area contributed by atoms with Crippen LogP contribution in [0.5, 0.6) is 5.88 Å². The van der Waals surface area contributed by atoms with E-state index >= 15 is 0 Å². The molecule has 4 rings (SSSR count). The normalized spacial score (nSPS) is 16.4. The monoisotopic (exact) mass is 474 g/mol. The highest BCUT2D eigenvalue weighted by Gasteiger charge is 2.36. The number of rotatable bonds is 4. The zero-order valence-corrected chi connectivity index (χ0v) is 16.9. The van der Waals surface area contributed by atoms with Crippen LogP contribution < -0.4 is 10.1 Å². The molecular weight excluding hydrogens is 458 g/mol. The fraction of sp³-hybridized carbons (Fsp3) is 0.368. The number of amides is 1. The number of hydrogen-bond donors (Lipinski definition) is 1. The SMILES string of the molecule is Cn1nc(C(F)(F)F)cc1C(=O)NC1CCCn2nc(-c3ccnc(OC(F)(F)F)c3)cc21. The maximum Gasteiger partial charge on any atom is 0.574 e. The van der Waals surface area contributed by atoms with Gasteiger partial charge < -0.3 is 10.1 Å². The van der Waals surface area contributed by atoms with Crippen LogP contribution in [0.4, 0.5) is 26.3 Å². The Morgan fingerprint density at radius 3 is 2.58 bits per heavy atom. The van der Waals surface area contributed by atoms with Crippen molar-refractivity contribution in [3.05, 3.63) is 47.5 Å². The van der Waals surface area contributed by atoms with Crippen molar-refractivity contribution in [1.29, 1.82) is 0 Å². The van der Waals surface area contributed by atoms with E-state index in [1.165, 1.54) is 13.1 Å². The van der Waals surface area contributed by atoms with Gasteiger partial charge >= 0.3 is 12.5 Å². The first kappa shape index (κ1) is 22.6. The van der Waals surface area contributed by atoms with Gasteiger partial charge in [0.05, 0.1) is 17.4 Å². The Hall–Kier alpha value is -3.58. The van der Waals surface area contributed by atoms with Gasteiger partial charge in [-0.25, -0.2) is 4.98 Å². The van der Waals surface area contributed by atoms with Crippen LogP contribution in [0.25, 0.3) is 11.3 Å². The van der Waals surface area contributed by atoms with Gasteiger partial charge in [0.15, 0.2) is 5.69 Å². The summed E-state index contributed by atoms with van der Waals surface area (Å²) in [6.45, 7) is 0.503. The van der Waals surface area contributed by atoms with Gasteiger partial charge in [0.25, 0.3) is 5.91 Å². The molecule has 0 bridgehead atoms. The Morgan fingerprint density at radius 2 is 1.91 bits per heavy atom. The zero-order chi connectivity index (χ0) is 24.0. The molecule has 1 aliphatic heterocycles. The maximum absolute atomic E-state index is 12.9. The van der Waals surface area contributed by atoms with Crippen molar-refractivity contribution in [1.82, 2.24) is 29.9 Å². The molecule has 8 nitrogen and oxygen atoms in total. The van der Waals surface area contributed by atoms with E-state index in [-0.39, 0.29) is 5.69 Å². The number of aromatic nitrogens is 5. The van der Waals surface area contributed by atoms with Gasteiger partial charge in [-0.1, -0.05) is 0 Å². The molecule has 1 atom stereocenters. The van der Waals surface area contributed by atoms with Crippen molar-refractivity contribution < 1.29 is 35.9 Å². The summed E-state index contributed by atoms with van der Waals surface area (Å²) in [5.41, 5.74) is -0.223. The summed E-state index contributed by atoms with van der Waals surface area (Å²) in [5, 5.41) is 10.4. The molecule has 0 spiro atoms. The fourth-order valence-electron chi connectivity index (χ4n) is 3.56. The van der Waals surface area contributed by atoms with Gasteiger partial charge in [-0.15, -0.1) is 13.2 Å². The molecule has 0 fully saturated rings. The molecule has 1 aliphatic rings. The van der Waals surface area contributed by atoms with Crippen LogP contribution in [0.15, 0.2) is 30.5 Å². The molecule has 176 valence electrons. The second-order valence-electron chi connectivity index (χ2n) is 7.31. The van der Waals surface area contributed by atoms with Crippen molar-refractivity contribution in [2.24, 2.45) is 7.05 Å². The molecule has 0 saturated heterocycles. The number of aryl methyl sites for hydroxylation is 2. The lowest BCUT2D eigenvalue weighted by atomic mass is 10.0. The molecule has 0 aromatic carbocycles. The quantitative estimate of drug-likeness (QED) is 0.581. The fourth-order valence-corrected chi connectivity index (χ4v) is 3.56. The summed E-state index contributed by atoms with van der Waals surface area (Å²) in [6, 6.07) is 4.24. The number of carbonyl (C=O) groups is 1. The summed E-state index contributed by atoms with van der Waals surface area (Å²) in [7, 11) is 1.23. The molecule has 4 heterocycles. The van der Waals surface area contributed by atoms with E-state index in [1.54, 1.807) is 10.7 Å². The van der Waals surface area contributed by atoms with Gasteiger partial charge in [0.2, 0.25) is 5.88 Å². The number of nitrogens with zero attached hydrogens (tertiary/aromatic N) is 5. The third kappa shape index (κ3) is 4.93. The number of hydrogen-bond acceptors (Lipinski definition) is 5. The summed E-state index contributed by atoms with van der Waals surface area (Å²) >= 11 is 0. The summed E-state index contributed by atoms with van der Waals surface area (Å²) < 4.78 is 82.4. The van der Waals surface area contributed by atoms with E-state index in [9.17, 15) is 31.1 Å². The van der Waals surface area contributed by atoms with Crippen LogP contribution in [-0.2, 0) is 19.8 Å². The number of pyridine rings is 1. The maximum atomic E-state index is 12.9. The molecule has 3 aromatic heterocycles. The highest BCUT2D eigenvalue weighted by Crippen LogP contribution is 2.32. The van der Waals surface area contributed by atoms with E-state index in [0.717, 1.165) is 16.9 Å². The van der Waals surface area contributed by atoms with E-state index in [0.29, 0.717) is 42.4 Å². The Kier molecular flexibility index (Phi) is 5.54. The lowest BCUT2D eigenvalue weighted by Gasteiger charge is -2.24. The van der Waals surface area contributed by atoms with Gasteiger partial charge in [0, 0.05) is 37.5 Å². The first-order valence-electron chi connectivity index (χ1n) is 9.63. The highest BCUT2D eigenvalue weighted by molar-refractivity contribution is 5.93. The number of alkyl halides is 6. The van der Waals surface area contributed by atoms with Crippen LogP contribution in [-0.4, -0.2) is 36.8 Å². The first-order chi connectivity index (χ1) is 15.4. The van der Waals surface area contributed by atoms with Crippen LogP contribution in [0.2, 0.25) is 0 Å². The largest absolute Gasteiger partial charge is 0.574 e. The number of nitrogens with one attached hydrogen (secondary N) is 1. The van der Waals surface area contributed by atoms with Crippen LogP contribution in [0.1, 0.15) is 40.8 Å². The Bertz CT molecular complexity index is 1180. The topological polar surface area (TPSA) is 86.9 Å². The number of carbonyl (C=O) groups excluding carboxylic acids is 1. The minimum atomic E-state index is -4.90. The molecule has 0 radical (unpaired) electrons. The van der Waals surface area contributed by atoms with Crippen LogP contribution in [0.3, 0.4) is 0 Å². The van der Waals surface area contributed by atoms with Gasteiger partial charge in [-0.2, -0.15) is 23.4 Å². The average molecular weight is 474 g/mol. The molecule has 33 heavy (non-hydrogen) atoms. The molecular formula is C19H16F6N6O2. The summed E-state index contributed by atoms with van der Waals surface area (Å²) in [6.07, 6.45) is -7.31. The minimum Gasteiger partial charge on any atom is -0.388 e. The smallest absolute Gasteiger partial charge is 0.388 e. The molecule has 14 heteroatoms. The van der Waals surface area contributed by atoms with Gasteiger partial charge in [0.1, 0.15) is 5.69 Å². The van der Waals surface area contributed by atoms with Crippen molar-refractivity contribution in [3.63, 3.8) is 0 Å². The molecule has 1 N–H and O–H groups in total. The molecule has 1 amide bonds. The van der Waals surface area contributed by atoms with Crippen molar-refractivity contribution in [2.45, 2.75) is 38.0 Å². The predicted octanol–water partition coefficient (Wildman–Crippen LogP) is 3.86. The molecule has 3 aromatic rings. The van der Waals surface area contributed by atoms with Gasteiger partial charge in [-0.05, 0) is 25.0 Å². The van der Waals surface area contributed by atoms with Crippen molar-refractivity contribution in [3.8, 4) is 17.1 Å². The van der Waals surface area contributed by atoms with Crippen molar-refractivity contribution in [2.75, 3.05) is 0 Å².